The maximum absolute atomic E-state index is 13.3. The highest BCUT2D eigenvalue weighted by molar-refractivity contribution is 8.15. The number of carboxylic acid groups (broad SMARTS) is 1. The van der Waals surface area contributed by atoms with Gasteiger partial charge in [0.05, 0.1) is 21.4 Å². The zero-order valence-electron chi connectivity index (χ0n) is 20.3. The molecule has 1 fully saturated rings. The molecule has 4 rings (SSSR count). The lowest BCUT2D eigenvalue weighted by molar-refractivity contribution is -0.144. The molecular weight excluding hydrogens is 493 g/mol. The van der Waals surface area contributed by atoms with Crippen LogP contribution in [0.4, 0.5) is 13.2 Å². The molecule has 0 aromatic heterocycles. The van der Waals surface area contributed by atoms with Crippen molar-refractivity contribution in [2.45, 2.75) is 70.2 Å². The summed E-state index contributed by atoms with van der Waals surface area (Å²) in [6.45, 7) is 5.35. The van der Waals surface area contributed by atoms with Crippen molar-refractivity contribution in [1.29, 1.82) is 0 Å². The smallest absolute Gasteiger partial charge is 0.416 e. The van der Waals surface area contributed by atoms with Crippen LogP contribution in [0.1, 0.15) is 51.2 Å². The van der Waals surface area contributed by atoms with Gasteiger partial charge >= 0.3 is 12.1 Å². The van der Waals surface area contributed by atoms with Crippen LogP contribution in [0.5, 0.6) is 0 Å². The number of benzene rings is 1. The van der Waals surface area contributed by atoms with Crippen LogP contribution in [-0.2, 0) is 27.1 Å². The summed E-state index contributed by atoms with van der Waals surface area (Å²) < 4.78 is 44.8. The Morgan fingerprint density at radius 2 is 1.89 bits per heavy atom. The molecule has 2 aliphatic carbocycles. The van der Waals surface area contributed by atoms with E-state index in [1.165, 1.54) is 12.1 Å². The SMILES string of the molecule is CCC(C)(C)[C@H](NC(=O)C1=C(OCc2ccc(C(F)(F)F)cc2)C2N=C(C3CC3)SC2C=C1)C(=O)O. The van der Waals surface area contributed by atoms with Gasteiger partial charge in [-0.15, -0.1) is 11.8 Å². The molecule has 36 heavy (non-hydrogen) atoms. The maximum Gasteiger partial charge on any atom is 0.416 e. The average molecular weight is 523 g/mol. The number of carboxylic acids is 1. The number of hydrogen-bond donors (Lipinski definition) is 2. The van der Waals surface area contributed by atoms with Crippen LogP contribution in [-0.4, -0.2) is 39.4 Å². The molecule has 0 radical (unpaired) electrons. The molecule has 0 bridgehead atoms. The average Bonchev–Trinajstić information content (AvgIpc) is 3.58. The minimum atomic E-state index is -4.43. The number of nitrogens with zero attached hydrogens (tertiary/aromatic N) is 1. The largest absolute Gasteiger partial charge is 0.490 e. The fourth-order valence-electron chi connectivity index (χ4n) is 4.07. The van der Waals surface area contributed by atoms with Crippen LogP contribution in [0.3, 0.4) is 0 Å². The number of nitrogens with one attached hydrogen (secondary N) is 1. The Labute approximate surface area is 212 Å². The first-order valence-corrected chi connectivity index (χ1v) is 12.8. The van der Waals surface area contributed by atoms with Crippen molar-refractivity contribution in [2.24, 2.45) is 16.3 Å². The van der Waals surface area contributed by atoms with Gasteiger partial charge in [-0.1, -0.05) is 39.0 Å². The number of ether oxygens (including phenoxy) is 1. The third-order valence-corrected chi connectivity index (χ3v) is 8.25. The monoisotopic (exact) mass is 522 g/mol. The highest BCUT2D eigenvalue weighted by atomic mass is 32.2. The van der Waals surface area contributed by atoms with Crippen molar-refractivity contribution in [3.05, 3.63) is 58.9 Å². The van der Waals surface area contributed by atoms with E-state index in [1.807, 2.05) is 13.0 Å². The van der Waals surface area contributed by atoms with Crippen LogP contribution in [0, 0.1) is 11.3 Å². The molecule has 1 aromatic rings. The van der Waals surface area contributed by atoms with Gasteiger partial charge in [0.2, 0.25) is 0 Å². The number of amides is 1. The van der Waals surface area contributed by atoms with Crippen LogP contribution < -0.4 is 5.32 Å². The number of aliphatic carboxylic acids is 1. The lowest BCUT2D eigenvalue weighted by atomic mass is 9.81. The summed E-state index contributed by atoms with van der Waals surface area (Å²) in [6, 6.07) is 3.09. The zero-order valence-corrected chi connectivity index (χ0v) is 21.1. The topological polar surface area (TPSA) is 88.0 Å². The summed E-state index contributed by atoms with van der Waals surface area (Å²) in [5, 5.41) is 13.4. The van der Waals surface area contributed by atoms with Crippen molar-refractivity contribution in [2.75, 3.05) is 0 Å². The van der Waals surface area contributed by atoms with E-state index in [4.69, 9.17) is 9.73 Å². The number of thioether (sulfide) groups is 1. The van der Waals surface area contributed by atoms with Crippen molar-refractivity contribution in [3.8, 4) is 0 Å². The molecule has 2 N–H and O–H groups in total. The van der Waals surface area contributed by atoms with E-state index < -0.39 is 41.1 Å². The Kier molecular flexibility index (Phi) is 7.28. The van der Waals surface area contributed by atoms with Crippen molar-refractivity contribution >= 4 is 28.7 Å². The van der Waals surface area contributed by atoms with E-state index in [2.05, 4.69) is 5.32 Å². The summed E-state index contributed by atoms with van der Waals surface area (Å²) in [6.07, 6.45) is 1.76. The molecule has 1 aromatic carbocycles. The molecule has 1 amide bonds. The Morgan fingerprint density at radius 3 is 2.44 bits per heavy atom. The summed E-state index contributed by atoms with van der Waals surface area (Å²) in [5.41, 5.74) is -0.753. The second-order valence-corrected chi connectivity index (χ2v) is 11.2. The van der Waals surface area contributed by atoms with Gasteiger partial charge in [0.1, 0.15) is 24.4 Å². The Hall–Kier alpha value is -2.75. The highest BCUT2D eigenvalue weighted by Gasteiger charge is 2.43. The lowest BCUT2D eigenvalue weighted by Gasteiger charge is -2.32. The van der Waals surface area contributed by atoms with E-state index in [9.17, 15) is 27.9 Å². The highest BCUT2D eigenvalue weighted by Crippen LogP contribution is 2.45. The van der Waals surface area contributed by atoms with Gasteiger partial charge in [0.15, 0.2) is 0 Å². The molecule has 0 spiro atoms. The first-order chi connectivity index (χ1) is 16.9. The lowest BCUT2D eigenvalue weighted by Crippen LogP contribution is -2.50. The molecule has 1 aliphatic heterocycles. The number of alkyl halides is 3. The first kappa shape index (κ1) is 26.3. The van der Waals surface area contributed by atoms with E-state index in [0.29, 0.717) is 23.7 Å². The van der Waals surface area contributed by atoms with Gasteiger partial charge in [-0.25, -0.2) is 4.79 Å². The molecule has 1 saturated carbocycles. The molecule has 0 saturated heterocycles. The second-order valence-electron chi connectivity index (χ2n) is 9.98. The van der Waals surface area contributed by atoms with E-state index in [1.54, 1.807) is 31.7 Å². The third-order valence-electron chi connectivity index (χ3n) is 6.88. The molecular formula is C26H29F3N2O4S. The van der Waals surface area contributed by atoms with Crippen LogP contribution in [0.25, 0.3) is 0 Å². The zero-order chi connectivity index (χ0) is 26.3. The number of rotatable bonds is 9. The minimum absolute atomic E-state index is 0.0525. The predicted octanol–water partition coefficient (Wildman–Crippen LogP) is 5.34. The number of aliphatic imine (C=N–C) groups is 1. The summed E-state index contributed by atoms with van der Waals surface area (Å²) in [7, 11) is 0. The minimum Gasteiger partial charge on any atom is -0.490 e. The molecule has 10 heteroatoms. The number of carbonyl (C=O) groups excluding carboxylic acids is 1. The molecule has 1 heterocycles. The van der Waals surface area contributed by atoms with Crippen LogP contribution in [0.15, 0.2) is 52.7 Å². The first-order valence-electron chi connectivity index (χ1n) is 11.9. The van der Waals surface area contributed by atoms with Gasteiger partial charge in [0.25, 0.3) is 5.91 Å². The fraction of sp³-hybridized carbons (Fsp3) is 0.500. The van der Waals surface area contributed by atoms with Gasteiger partial charge in [-0.2, -0.15) is 13.2 Å². The van der Waals surface area contributed by atoms with Gasteiger partial charge in [0, 0.05) is 5.92 Å². The van der Waals surface area contributed by atoms with Crippen LogP contribution >= 0.6 is 11.8 Å². The normalized spacial score (nSPS) is 22.7. The maximum atomic E-state index is 13.3. The van der Waals surface area contributed by atoms with E-state index in [0.717, 1.165) is 30.0 Å². The summed E-state index contributed by atoms with van der Waals surface area (Å²) in [5.74, 6) is -0.988. The quantitative estimate of drug-likeness (QED) is 0.457. The van der Waals surface area contributed by atoms with E-state index >= 15 is 0 Å². The van der Waals surface area contributed by atoms with Crippen LogP contribution in [0.2, 0.25) is 0 Å². The summed E-state index contributed by atoms with van der Waals surface area (Å²) >= 11 is 1.63. The predicted molar refractivity (Wildman–Crippen MR) is 131 cm³/mol. The number of halogens is 3. The Bertz CT molecular complexity index is 1120. The molecule has 3 atom stereocenters. The van der Waals surface area contributed by atoms with Crippen molar-refractivity contribution in [3.63, 3.8) is 0 Å². The standard InChI is InChI=1S/C26H29F3N2O4S/c1-4-25(2,3)21(24(33)34)31-22(32)17-11-12-18-19(30-23(36-18)15-7-8-15)20(17)35-13-14-5-9-16(10-6-14)26(27,28)29/h5-6,9-12,15,18-19,21H,4,7-8,13H2,1-3H3,(H,31,32)(H,33,34)/t18?,19?,21-/m1/s1. The number of hydrogen-bond acceptors (Lipinski definition) is 5. The summed E-state index contributed by atoms with van der Waals surface area (Å²) in [4.78, 5) is 30.1. The number of carbonyl (C=O) groups is 2. The Morgan fingerprint density at radius 1 is 1.22 bits per heavy atom. The van der Waals surface area contributed by atoms with E-state index in [-0.39, 0.29) is 17.4 Å². The van der Waals surface area contributed by atoms with Gasteiger partial charge < -0.3 is 15.2 Å². The fourth-order valence-corrected chi connectivity index (χ4v) is 5.42. The molecule has 6 nitrogen and oxygen atoms in total. The second kappa shape index (κ2) is 9.95. The van der Waals surface area contributed by atoms with Gasteiger partial charge in [-0.3, -0.25) is 9.79 Å². The number of fused-ring (bicyclic) bond motifs is 1. The third kappa shape index (κ3) is 5.63. The van der Waals surface area contributed by atoms with Crippen molar-refractivity contribution < 1.29 is 32.6 Å². The van der Waals surface area contributed by atoms with Gasteiger partial charge in [-0.05, 0) is 48.4 Å². The molecule has 2 unspecified atom stereocenters. The molecule has 3 aliphatic rings. The van der Waals surface area contributed by atoms with Crippen molar-refractivity contribution in [1.82, 2.24) is 5.32 Å². The molecule has 194 valence electrons. The Balaban J connectivity index is 1.61.